The third kappa shape index (κ3) is 5.41. The number of nitrogens with one attached hydrogen (secondary N) is 2. The van der Waals surface area contributed by atoms with Crippen LogP contribution in [0.15, 0.2) is 48.8 Å². The molecule has 0 atom stereocenters. The van der Waals surface area contributed by atoms with Crippen LogP contribution in [0.5, 0.6) is 0 Å². The normalized spacial score (nSPS) is 19.3. The van der Waals surface area contributed by atoms with Gasteiger partial charge in [-0.25, -0.2) is 13.4 Å². The Balaban J connectivity index is 1.33. The van der Waals surface area contributed by atoms with Crippen molar-refractivity contribution in [2.75, 3.05) is 23.9 Å². The first-order valence-corrected chi connectivity index (χ1v) is 12.6. The molecule has 1 amide bonds. The molecule has 8 nitrogen and oxygen atoms in total. The van der Waals surface area contributed by atoms with Gasteiger partial charge in [-0.1, -0.05) is 18.2 Å². The van der Waals surface area contributed by atoms with E-state index in [4.69, 9.17) is 0 Å². The van der Waals surface area contributed by atoms with Crippen LogP contribution in [0.25, 0.3) is 16.7 Å². The first-order valence-electron chi connectivity index (χ1n) is 10.5. The van der Waals surface area contributed by atoms with Gasteiger partial charge in [-0.3, -0.25) is 4.79 Å². The van der Waals surface area contributed by atoms with Crippen LogP contribution in [0.1, 0.15) is 25.7 Å². The SMILES string of the molecule is CS(=O)(=O)CCNC(=O)C1CCC(Nc2nccc(-n3ccc4ccccc43)n2)CC1. The number of fused-ring (bicyclic) bond motifs is 1. The second-order valence-corrected chi connectivity index (χ2v) is 10.4. The molecular formula is C22H27N5O3S. The van der Waals surface area contributed by atoms with E-state index in [-0.39, 0.29) is 30.2 Å². The highest BCUT2D eigenvalue weighted by Crippen LogP contribution is 2.26. The van der Waals surface area contributed by atoms with E-state index in [0.717, 1.165) is 42.4 Å². The van der Waals surface area contributed by atoms with E-state index < -0.39 is 9.84 Å². The summed E-state index contributed by atoms with van der Waals surface area (Å²) < 4.78 is 24.4. The van der Waals surface area contributed by atoms with Crippen LogP contribution in [0, 0.1) is 5.92 Å². The number of carbonyl (C=O) groups is 1. The van der Waals surface area contributed by atoms with Crippen molar-refractivity contribution in [3.63, 3.8) is 0 Å². The Morgan fingerprint density at radius 1 is 1.13 bits per heavy atom. The summed E-state index contributed by atoms with van der Waals surface area (Å²) >= 11 is 0. The Hall–Kier alpha value is -2.94. The molecule has 3 aromatic rings. The zero-order chi connectivity index (χ0) is 21.8. The van der Waals surface area contributed by atoms with Crippen LogP contribution in [0.2, 0.25) is 0 Å². The summed E-state index contributed by atoms with van der Waals surface area (Å²) in [5, 5.41) is 7.31. The quantitative estimate of drug-likeness (QED) is 0.584. The zero-order valence-electron chi connectivity index (χ0n) is 17.5. The number of sulfone groups is 1. The van der Waals surface area contributed by atoms with Gasteiger partial charge >= 0.3 is 0 Å². The fraction of sp³-hybridized carbons (Fsp3) is 0.409. The first kappa shape index (κ1) is 21.3. The summed E-state index contributed by atoms with van der Waals surface area (Å²) in [5.74, 6) is 1.23. The Kier molecular flexibility index (Phi) is 6.22. The van der Waals surface area contributed by atoms with Gasteiger partial charge in [0.05, 0.1) is 11.3 Å². The number of benzene rings is 1. The van der Waals surface area contributed by atoms with Crippen LogP contribution in [-0.2, 0) is 14.6 Å². The summed E-state index contributed by atoms with van der Waals surface area (Å²) in [4.78, 5) is 21.3. The molecule has 1 fully saturated rings. The average molecular weight is 442 g/mol. The maximum atomic E-state index is 12.3. The van der Waals surface area contributed by atoms with E-state index in [0.29, 0.717) is 5.95 Å². The van der Waals surface area contributed by atoms with Gasteiger partial charge < -0.3 is 15.2 Å². The Labute approximate surface area is 182 Å². The molecule has 4 rings (SSSR count). The van der Waals surface area contributed by atoms with Crippen molar-refractivity contribution in [2.45, 2.75) is 31.7 Å². The number of aromatic nitrogens is 3. The van der Waals surface area contributed by atoms with Crippen molar-refractivity contribution in [1.29, 1.82) is 0 Å². The molecule has 0 unspecified atom stereocenters. The highest BCUT2D eigenvalue weighted by Gasteiger charge is 2.26. The summed E-state index contributed by atoms with van der Waals surface area (Å²) in [7, 11) is -3.07. The molecule has 1 aromatic carbocycles. The molecule has 0 aliphatic heterocycles. The lowest BCUT2D eigenvalue weighted by Crippen LogP contribution is -2.37. The number of anilines is 1. The lowest BCUT2D eigenvalue weighted by molar-refractivity contribution is -0.125. The maximum absolute atomic E-state index is 12.3. The van der Waals surface area contributed by atoms with E-state index in [1.807, 2.05) is 29.0 Å². The van der Waals surface area contributed by atoms with Crippen molar-refractivity contribution in [3.05, 3.63) is 48.8 Å². The van der Waals surface area contributed by atoms with Crippen LogP contribution in [0.3, 0.4) is 0 Å². The van der Waals surface area contributed by atoms with Crippen LogP contribution >= 0.6 is 0 Å². The van der Waals surface area contributed by atoms with Gasteiger partial charge in [0, 0.05) is 37.2 Å². The molecule has 0 radical (unpaired) electrons. The van der Waals surface area contributed by atoms with E-state index in [1.165, 1.54) is 6.26 Å². The summed E-state index contributed by atoms with van der Waals surface area (Å²) in [6, 6.07) is 12.3. The van der Waals surface area contributed by atoms with Crippen LogP contribution < -0.4 is 10.6 Å². The maximum Gasteiger partial charge on any atom is 0.224 e. The molecule has 1 aliphatic rings. The molecule has 164 valence electrons. The van der Waals surface area contributed by atoms with Crippen molar-refractivity contribution in [1.82, 2.24) is 19.9 Å². The first-order chi connectivity index (χ1) is 14.9. The highest BCUT2D eigenvalue weighted by molar-refractivity contribution is 7.90. The largest absolute Gasteiger partial charge is 0.355 e. The Bertz CT molecular complexity index is 1170. The summed E-state index contributed by atoms with van der Waals surface area (Å²) in [6.45, 7) is 0.171. The predicted molar refractivity (Wildman–Crippen MR) is 121 cm³/mol. The molecule has 2 aromatic heterocycles. The van der Waals surface area contributed by atoms with E-state index >= 15 is 0 Å². The number of para-hydroxylation sites is 1. The van der Waals surface area contributed by atoms with E-state index in [9.17, 15) is 13.2 Å². The lowest BCUT2D eigenvalue weighted by atomic mass is 9.85. The Morgan fingerprint density at radius 3 is 2.68 bits per heavy atom. The minimum absolute atomic E-state index is 0.0278. The number of hydrogen-bond donors (Lipinski definition) is 2. The second-order valence-electron chi connectivity index (χ2n) is 8.10. The molecule has 2 heterocycles. The molecule has 0 saturated heterocycles. The topological polar surface area (TPSA) is 106 Å². The molecule has 1 saturated carbocycles. The number of amides is 1. The molecule has 2 N–H and O–H groups in total. The number of rotatable bonds is 7. The molecule has 1 aliphatic carbocycles. The van der Waals surface area contributed by atoms with Gasteiger partial charge in [-0.2, -0.15) is 4.98 Å². The zero-order valence-corrected chi connectivity index (χ0v) is 18.3. The molecule has 0 bridgehead atoms. The fourth-order valence-corrected chi connectivity index (χ4v) is 4.49. The lowest BCUT2D eigenvalue weighted by Gasteiger charge is -2.28. The van der Waals surface area contributed by atoms with Gasteiger partial charge in [-0.05, 0) is 49.3 Å². The summed E-state index contributed by atoms with van der Waals surface area (Å²) in [6.07, 6.45) is 8.11. The number of carbonyl (C=O) groups excluding carboxylic acids is 1. The van der Waals surface area contributed by atoms with Crippen LogP contribution in [-0.4, -0.2) is 53.5 Å². The highest BCUT2D eigenvalue weighted by atomic mass is 32.2. The fourth-order valence-electron chi connectivity index (χ4n) is 4.02. The van der Waals surface area contributed by atoms with Crippen LogP contribution in [0.4, 0.5) is 5.95 Å². The minimum atomic E-state index is -3.07. The van der Waals surface area contributed by atoms with Gasteiger partial charge in [0.2, 0.25) is 11.9 Å². The standard InChI is InChI=1S/C22H27N5O3S/c1-31(29,30)15-13-23-21(28)17-6-8-18(9-7-17)25-22-24-12-10-20(26-22)27-14-11-16-4-2-3-5-19(16)27/h2-5,10-12,14,17-18H,6-9,13,15H2,1H3,(H,23,28)(H,24,25,26). The van der Waals surface area contributed by atoms with Crippen molar-refractivity contribution in [3.8, 4) is 5.82 Å². The molecule has 0 spiro atoms. The van der Waals surface area contributed by atoms with Gasteiger partial charge in [0.15, 0.2) is 0 Å². The van der Waals surface area contributed by atoms with Crippen molar-refractivity contribution >= 4 is 32.6 Å². The monoisotopic (exact) mass is 441 g/mol. The molecule has 9 heteroatoms. The van der Waals surface area contributed by atoms with E-state index in [2.05, 4.69) is 38.8 Å². The summed E-state index contributed by atoms with van der Waals surface area (Å²) in [5.41, 5.74) is 1.09. The average Bonchev–Trinajstić information content (AvgIpc) is 3.18. The minimum Gasteiger partial charge on any atom is -0.355 e. The van der Waals surface area contributed by atoms with Gasteiger partial charge in [-0.15, -0.1) is 0 Å². The van der Waals surface area contributed by atoms with Crippen molar-refractivity contribution < 1.29 is 13.2 Å². The third-order valence-corrected chi connectivity index (χ3v) is 6.64. The number of nitrogens with zero attached hydrogens (tertiary/aromatic N) is 3. The van der Waals surface area contributed by atoms with E-state index in [1.54, 1.807) is 6.20 Å². The van der Waals surface area contributed by atoms with Gasteiger partial charge in [0.25, 0.3) is 0 Å². The second kappa shape index (κ2) is 9.05. The third-order valence-electron chi connectivity index (χ3n) is 5.69. The molecule has 31 heavy (non-hydrogen) atoms. The molecular weight excluding hydrogens is 414 g/mol. The van der Waals surface area contributed by atoms with Crippen molar-refractivity contribution in [2.24, 2.45) is 5.92 Å². The van der Waals surface area contributed by atoms with Gasteiger partial charge in [0.1, 0.15) is 15.7 Å². The number of hydrogen-bond acceptors (Lipinski definition) is 6. The Morgan fingerprint density at radius 2 is 1.90 bits per heavy atom. The predicted octanol–water partition coefficient (Wildman–Crippen LogP) is 2.55. The smallest absolute Gasteiger partial charge is 0.224 e.